The number of carbonyl (C=O) groups excluding carboxylic acids is 2. The Kier molecular flexibility index (Phi) is 7.60. The standard InChI is InChI=1S/C24H37N5O3/c1-3-20-18(2)25-23(26-24(20)29-14-16-32-17-15-29)19-8-12-28(13-9-19)22(31)7-5-11-27-10-4-6-21(27)30/h19H,3-17H2,1-2H3. The summed E-state index contributed by atoms with van der Waals surface area (Å²) >= 11 is 0. The average molecular weight is 444 g/mol. The highest BCUT2D eigenvalue weighted by Gasteiger charge is 2.28. The second kappa shape index (κ2) is 10.6. The summed E-state index contributed by atoms with van der Waals surface area (Å²) < 4.78 is 5.53. The topological polar surface area (TPSA) is 78.9 Å². The molecule has 0 unspecified atom stereocenters. The Labute approximate surface area is 191 Å². The number of hydrogen-bond donors (Lipinski definition) is 0. The Hall–Kier alpha value is -2.22. The third-order valence-electron chi connectivity index (χ3n) is 7.08. The lowest BCUT2D eigenvalue weighted by Gasteiger charge is -2.33. The lowest BCUT2D eigenvalue weighted by Crippen LogP contribution is -2.39. The van der Waals surface area contributed by atoms with E-state index in [2.05, 4.69) is 18.7 Å². The van der Waals surface area contributed by atoms with Gasteiger partial charge in [0.15, 0.2) is 0 Å². The number of piperidine rings is 1. The number of ether oxygens (including phenoxy) is 1. The Balaban J connectivity index is 1.32. The number of nitrogens with zero attached hydrogens (tertiary/aromatic N) is 5. The molecule has 8 nitrogen and oxygen atoms in total. The van der Waals surface area contributed by atoms with E-state index in [4.69, 9.17) is 14.7 Å². The summed E-state index contributed by atoms with van der Waals surface area (Å²) in [5, 5.41) is 0. The van der Waals surface area contributed by atoms with Crippen molar-refractivity contribution in [3.8, 4) is 0 Å². The molecule has 4 rings (SSSR count). The van der Waals surface area contributed by atoms with E-state index in [1.165, 1.54) is 5.56 Å². The molecule has 0 aromatic carbocycles. The molecule has 4 heterocycles. The molecule has 2 amide bonds. The van der Waals surface area contributed by atoms with Gasteiger partial charge in [0.2, 0.25) is 11.8 Å². The Morgan fingerprint density at radius 2 is 1.84 bits per heavy atom. The van der Waals surface area contributed by atoms with Crippen molar-refractivity contribution in [1.82, 2.24) is 19.8 Å². The summed E-state index contributed by atoms with van der Waals surface area (Å²) in [6, 6.07) is 0. The minimum absolute atomic E-state index is 0.211. The molecule has 3 saturated heterocycles. The molecule has 0 aliphatic carbocycles. The Bertz CT molecular complexity index is 816. The molecule has 0 N–H and O–H groups in total. The van der Waals surface area contributed by atoms with E-state index < -0.39 is 0 Å². The lowest BCUT2D eigenvalue weighted by molar-refractivity contribution is -0.133. The van der Waals surface area contributed by atoms with Crippen molar-refractivity contribution in [2.75, 3.05) is 57.4 Å². The van der Waals surface area contributed by atoms with Crippen molar-refractivity contribution in [1.29, 1.82) is 0 Å². The van der Waals surface area contributed by atoms with Crippen molar-refractivity contribution < 1.29 is 14.3 Å². The van der Waals surface area contributed by atoms with Crippen LogP contribution in [0.25, 0.3) is 0 Å². The number of carbonyl (C=O) groups is 2. The van der Waals surface area contributed by atoms with Gasteiger partial charge in [-0.15, -0.1) is 0 Å². The van der Waals surface area contributed by atoms with E-state index in [0.29, 0.717) is 25.3 Å². The fraction of sp³-hybridized carbons (Fsp3) is 0.750. The number of likely N-dealkylation sites (tertiary alicyclic amines) is 2. The summed E-state index contributed by atoms with van der Waals surface area (Å²) in [5.41, 5.74) is 2.31. The monoisotopic (exact) mass is 443 g/mol. The summed E-state index contributed by atoms with van der Waals surface area (Å²) in [6.07, 6.45) is 5.64. The molecule has 1 aromatic heterocycles. The summed E-state index contributed by atoms with van der Waals surface area (Å²) in [6.45, 7) is 10.6. The predicted octanol–water partition coefficient (Wildman–Crippen LogP) is 2.29. The van der Waals surface area contributed by atoms with Gasteiger partial charge < -0.3 is 19.4 Å². The minimum atomic E-state index is 0.211. The minimum Gasteiger partial charge on any atom is -0.378 e. The summed E-state index contributed by atoms with van der Waals surface area (Å²) in [4.78, 5) is 40.5. The first-order chi connectivity index (χ1) is 15.6. The fourth-order valence-corrected chi connectivity index (χ4v) is 5.14. The molecule has 0 atom stereocenters. The number of amides is 2. The number of aromatic nitrogens is 2. The molecule has 3 fully saturated rings. The predicted molar refractivity (Wildman–Crippen MR) is 123 cm³/mol. The van der Waals surface area contributed by atoms with Crippen molar-refractivity contribution >= 4 is 17.6 Å². The van der Waals surface area contributed by atoms with Gasteiger partial charge in [-0.1, -0.05) is 6.92 Å². The quantitative estimate of drug-likeness (QED) is 0.643. The normalized spacial score (nSPS) is 20.3. The van der Waals surface area contributed by atoms with E-state index >= 15 is 0 Å². The third-order valence-corrected chi connectivity index (χ3v) is 7.08. The zero-order valence-electron chi connectivity index (χ0n) is 19.6. The Morgan fingerprint density at radius 1 is 1.09 bits per heavy atom. The fourth-order valence-electron chi connectivity index (χ4n) is 5.14. The molecule has 32 heavy (non-hydrogen) atoms. The number of aryl methyl sites for hydroxylation is 1. The van der Waals surface area contributed by atoms with Gasteiger partial charge in [-0.3, -0.25) is 9.59 Å². The largest absolute Gasteiger partial charge is 0.378 e. The van der Waals surface area contributed by atoms with Gasteiger partial charge in [0, 0.05) is 69.3 Å². The van der Waals surface area contributed by atoms with Gasteiger partial charge in [0.25, 0.3) is 0 Å². The number of morpholine rings is 1. The SMILES string of the molecule is CCc1c(C)nc(C2CCN(C(=O)CCCN3CCCC3=O)CC2)nc1N1CCOCC1. The van der Waals surface area contributed by atoms with E-state index in [9.17, 15) is 9.59 Å². The van der Waals surface area contributed by atoms with Crippen LogP contribution >= 0.6 is 0 Å². The van der Waals surface area contributed by atoms with E-state index in [1.807, 2.05) is 9.80 Å². The summed E-state index contributed by atoms with van der Waals surface area (Å²) in [5.74, 6) is 2.75. The van der Waals surface area contributed by atoms with E-state index in [0.717, 1.165) is 95.4 Å². The van der Waals surface area contributed by atoms with Crippen LogP contribution in [0, 0.1) is 6.92 Å². The van der Waals surface area contributed by atoms with Crippen LogP contribution in [0.1, 0.15) is 68.4 Å². The smallest absolute Gasteiger partial charge is 0.222 e. The molecular weight excluding hydrogens is 406 g/mol. The molecular formula is C24H37N5O3. The van der Waals surface area contributed by atoms with Crippen molar-refractivity contribution in [2.45, 2.75) is 64.7 Å². The maximum absolute atomic E-state index is 12.7. The number of rotatable bonds is 7. The lowest BCUT2D eigenvalue weighted by atomic mass is 9.95. The molecule has 8 heteroatoms. The van der Waals surface area contributed by atoms with Gasteiger partial charge in [-0.05, 0) is 39.0 Å². The zero-order chi connectivity index (χ0) is 22.5. The first-order valence-electron chi connectivity index (χ1n) is 12.3. The number of hydrogen-bond acceptors (Lipinski definition) is 6. The van der Waals surface area contributed by atoms with Crippen LogP contribution in [0.3, 0.4) is 0 Å². The second-order valence-corrected chi connectivity index (χ2v) is 9.17. The van der Waals surface area contributed by atoms with Crippen molar-refractivity contribution in [3.05, 3.63) is 17.1 Å². The molecule has 0 radical (unpaired) electrons. The van der Waals surface area contributed by atoms with Crippen LogP contribution in [-0.4, -0.2) is 84.1 Å². The maximum Gasteiger partial charge on any atom is 0.222 e. The van der Waals surface area contributed by atoms with Crippen molar-refractivity contribution in [3.63, 3.8) is 0 Å². The molecule has 176 valence electrons. The van der Waals surface area contributed by atoms with Crippen LogP contribution in [-0.2, 0) is 20.7 Å². The van der Waals surface area contributed by atoms with E-state index in [-0.39, 0.29) is 11.8 Å². The van der Waals surface area contributed by atoms with Gasteiger partial charge in [0.05, 0.1) is 13.2 Å². The molecule has 0 spiro atoms. The highest BCUT2D eigenvalue weighted by Crippen LogP contribution is 2.30. The van der Waals surface area contributed by atoms with Gasteiger partial charge in [-0.25, -0.2) is 9.97 Å². The molecule has 0 bridgehead atoms. The average Bonchev–Trinajstić information content (AvgIpc) is 3.23. The molecule has 3 aliphatic heterocycles. The van der Waals surface area contributed by atoms with Gasteiger partial charge in [0.1, 0.15) is 11.6 Å². The first-order valence-corrected chi connectivity index (χ1v) is 12.3. The maximum atomic E-state index is 12.7. The molecule has 3 aliphatic rings. The van der Waals surface area contributed by atoms with Gasteiger partial charge >= 0.3 is 0 Å². The Morgan fingerprint density at radius 3 is 2.50 bits per heavy atom. The second-order valence-electron chi connectivity index (χ2n) is 9.17. The van der Waals surface area contributed by atoms with Crippen LogP contribution in [0.15, 0.2) is 0 Å². The summed E-state index contributed by atoms with van der Waals surface area (Å²) in [7, 11) is 0. The molecule has 1 aromatic rings. The zero-order valence-corrected chi connectivity index (χ0v) is 19.6. The highest BCUT2D eigenvalue weighted by atomic mass is 16.5. The van der Waals surface area contributed by atoms with Crippen LogP contribution in [0.5, 0.6) is 0 Å². The van der Waals surface area contributed by atoms with Gasteiger partial charge in [-0.2, -0.15) is 0 Å². The third kappa shape index (κ3) is 5.22. The molecule has 0 saturated carbocycles. The van der Waals surface area contributed by atoms with E-state index in [1.54, 1.807) is 0 Å². The van der Waals surface area contributed by atoms with Crippen LogP contribution in [0.2, 0.25) is 0 Å². The first kappa shape index (κ1) is 23.0. The van der Waals surface area contributed by atoms with Crippen molar-refractivity contribution in [2.24, 2.45) is 0 Å². The highest BCUT2D eigenvalue weighted by molar-refractivity contribution is 5.78. The van der Waals surface area contributed by atoms with Crippen LogP contribution in [0.4, 0.5) is 5.82 Å². The number of anilines is 1. The van der Waals surface area contributed by atoms with Crippen LogP contribution < -0.4 is 4.90 Å².